The van der Waals surface area contributed by atoms with Crippen LogP contribution in [0.3, 0.4) is 0 Å². The van der Waals surface area contributed by atoms with Gasteiger partial charge in [0.15, 0.2) is 23.9 Å². The van der Waals surface area contributed by atoms with Crippen LogP contribution >= 0.6 is 0 Å². The Hall–Kier alpha value is -3.55. The van der Waals surface area contributed by atoms with Crippen LogP contribution in [0.4, 0.5) is 11.4 Å². The van der Waals surface area contributed by atoms with Crippen LogP contribution < -0.4 is 20.5 Å². The van der Waals surface area contributed by atoms with Crippen LogP contribution in [0.25, 0.3) is 0 Å². The standard InChI is InChI=1S/C19H18N2O6/c1-10-4-3-5-12(18(10)20)19(24)25-8-17(23)21-14-7-16-15(26-9-27-16)6-13(14)11(2)22/h3-7H,8-9,20H2,1-2H3,(H,21,23). The summed E-state index contributed by atoms with van der Waals surface area (Å²) in [6, 6.07) is 7.96. The Kier molecular flexibility index (Phi) is 4.98. The van der Waals surface area contributed by atoms with E-state index in [-0.39, 0.29) is 29.4 Å². The fourth-order valence-corrected chi connectivity index (χ4v) is 2.59. The smallest absolute Gasteiger partial charge is 0.340 e. The number of benzene rings is 2. The molecule has 0 unspecified atom stereocenters. The number of amides is 1. The van der Waals surface area contributed by atoms with Crippen LogP contribution in [-0.2, 0) is 9.53 Å². The fourth-order valence-electron chi connectivity index (χ4n) is 2.59. The highest BCUT2D eigenvalue weighted by Gasteiger charge is 2.21. The van der Waals surface area contributed by atoms with Crippen LogP contribution in [0, 0.1) is 6.92 Å². The zero-order chi connectivity index (χ0) is 19.6. The Morgan fingerprint density at radius 3 is 2.56 bits per heavy atom. The monoisotopic (exact) mass is 370 g/mol. The number of rotatable bonds is 5. The number of carbonyl (C=O) groups is 3. The molecule has 8 heteroatoms. The van der Waals surface area contributed by atoms with E-state index in [9.17, 15) is 14.4 Å². The first-order chi connectivity index (χ1) is 12.9. The molecule has 3 rings (SSSR count). The Labute approximate surface area is 155 Å². The third kappa shape index (κ3) is 3.84. The Morgan fingerprint density at radius 2 is 1.85 bits per heavy atom. The van der Waals surface area contributed by atoms with Gasteiger partial charge in [-0.25, -0.2) is 4.79 Å². The minimum atomic E-state index is -0.705. The number of aryl methyl sites for hydroxylation is 1. The van der Waals surface area contributed by atoms with E-state index in [1.165, 1.54) is 25.1 Å². The number of nitrogens with two attached hydrogens (primary N) is 1. The molecule has 1 aliphatic heterocycles. The maximum Gasteiger partial charge on any atom is 0.340 e. The van der Waals surface area contributed by atoms with Gasteiger partial charge in [-0.05, 0) is 31.5 Å². The summed E-state index contributed by atoms with van der Waals surface area (Å²) < 4.78 is 15.5. The Balaban J connectivity index is 1.69. The van der Waals surface area contributed by atoms with E-state index in [0.717, 1.165) is 5.56 Å². The van der Waals surface area contributed by atoms with Crippen molar-refractivity contribution in [1.29, 1.82) is 0 Å². The number of ether oxygens (including phenoxy) is 3. The van der Waals surface area contributed by atoms with E-state index in [2.05, 4.69) is 5.32 Å². The second-order valence-electron chi connectivity index (χ2n) is 5.97. The molecule has 0 bridgehead atoms. The molecule has 0 fully saturated rings. The molecule has 0 saturated heterocycles. The van der Waals surface area contributed by atoms with Gasteiger partial charge in [0.25, 0.3) is 5.91 Å². The summed E-state index contributed by atoms with van der Waals surface area (Å²) in [6.07, 6.45) is 0. The van der Waals surface area contributed by atoms with Gasteiger partial charge < -0.3 is 25.3 Å². The summed E-state index contributed by atoms with van der Waals surface area (Å²) >= 11 is 0. The van der Waals surface area contributed by atoms with Crippen molar-refractivity contribution in [2.45, 2.75) is 13.8 Å². The van der Waals surface area contributed by atoms with Crippen molar-refractivity contribution in [1.82, 2.24) is 0 Å². The second kappa shape index (κ2) is 7.36. The van der Waals surface area contributed by atoms with Gasteiger partial charge in [0, 0.05) is 17.3 Å². The minimum absolute atomic E-state index is 0.0413. The third-order valence-corrected chi connectivity index (χ3v) is 4.04. The number of anilines is 2. The van der Waals surface area contributed by atoms with Gasteiger partial charge >= 0.3 is 5.97 Å². The molecule has 0 radical (unpaired) electrons. The first kappa shape index (κ1) is 18.2. The summed E-state index contributed by atoms with van der Waals surface area (Å²) in [6.45, 7) is 2.65. The zero-order valence-electron chi connectivity index (χ0n) is 14.8. The Bertz CT molecular complexity index is 938. The fraction of sp³-hybridized carbons (Fsp3) is 0.211. The molecular formula is C19H18N2O6. The van der Waals surface area contributed by atoms with Gasteiger partial charge in [-0.3, -0.25) is 9.59 Å². The number of nitrogen functional groups attached to an aromatic ring is 1. The summed E-state index contributed by atoms with van der Waals surface area (Å²) in [4.78, 5) is 36.1. The lowest BCUT2D eigenvalue weighted by Gasteiger charge is -2.11. The van der Waals surface area contributed by atoms with E-state index in [1.807, 2.05) is 0 Å². The van der Waals surface area contributed by atoms with Crippen molar-refractivity contribution in [3.8, 4) is 11.5 Å². The number of nitrogens with one attached hydrogen (secondary N) is 1. The Morgan fingerprint density at radius 1 is 1.15 bits per heavy atom. The highest BCUT2D eigenvalue weighted by molar-refractivity contribution is 6.05. The largest absolute Gasteiger partial charge is 0.454 e. The number of ketones is 1. The van der Waals surface area contributed by atoms with E-state index in [1.54, 1.807) is 19.1 Å². The van der Waals surface area contributed by atoms with Gasteiger partial charge in [0.2, 0.25) is 6.79 Å². The maximum absolute atomic E-state index is 12.2. The number of esters is 1. The molecule has 0 aromatic heterocycles. The van der Waals surface area contributed by atoms with E-state index in [4.69, 9.17) is 19.9 Å². The highest BCUT2D eigenvalue weighted by Crippen LogP contribution is 2.37. The molecular weight excluding hydrogens is 352 g/mol. The van der Waals surface area contributed by atoms with Gasteiger partial charge in [0.1, 0.15) is 0 Å². The molecule has 2 aromatic carbocycles. The van der Waals surface area contributed by atoms with Crippen molar-refractivity contribution in [3.63, 3.8) is 0 Å². The first-order valence-corrected chi connectivity index (χ1v) is 8.13. The predicted molar refractivity (Wildman–Crippen MR) is 97.1 cm³/mol. The normalized spacial score (nSPS) is 11.8. The summed E-state index contributed by atoms with van der Waals surface area (Å²) in [7, 11) is 0. The first-order valence-electron chi connectivity index (χ1n) is 8.13. The molecule has 3 N–H and O–H groups in total. The topological polar surface area (TPSA) is 117 Å². The van der Waals surface area contributed by atoms with E-state index >= 15 is 0 Å². The SMILES string of the molecule is CC(=O)c1cc2c(cc1NC(=O)COC(=O)c1cccc(C)c1N)OCO2. The van der Waals surface area contributed by atoms with Gasteiger partial charge in [-0.1, -0.05) is 12.1 Å². The van der Waals surface area contributed by atoms with E-state index in [0.29, 0.717) is 17.2 Å². The van der Waals surface area contributed by atoms with Crippen LogP contribution in [0.2, 0.25) is 0 Å². The summed E-state index contributed by atoms with van der Waals surface area (Å²) in [5.74, 6) is -0.715. The lowest BCUT2D eigenvalue weighted by atomic mass is 10.1. The van der Waals surface area contributed by atoms with Gasteiger partial charge in [0.05, 0.1) is 11.3 Å². The van der Waals surface area contributed by atoms with Crippen molar-refractivity contribution >= 4 is 29.0 Å². The third-order valence-electron chi connectivity index (χ3n) is 4.04. The lowest BCUT2D eigenvalue weighted by Crippen LogP contribution is -2.22. The number of para-hydroxylation sites is 1. The van der Waals surface area contributed by atoms with Crippen molar-refractivity contribution in [2.75, 3.05) is 24.5 Å². The van der Waals surface area contributed by atoms with Crippen molar-refractivity contribution < 1.29 is 28.6 Å². The van der Waals surface area contributed by atoms with Gasteiger partial charge in [-0.15, -0.1) is 0 Å². The van der Waals surface area contributed by atoms with Crippen molar-refractivity contribution in [3.05, 3.63) is 47.0 Å². The number of fused-ring (bicyclic) bond motifs is 1. The summed E-state index contributed by atoms with van der Waals surface area (Å²) in [5, 5.41) is 2.55. The molecule has 0 saturated carbocycles. The average molecular weight is 370 g/mol. The predicted octanol–water partition coefficient (Wildman–Crippen LogP) is 2.30. The summed E-state index contributed by atoms with van der Waals surface area (Å²) in [5.41, 5.74) is 7.60. The van der Waals surface area contributed by atoms with Crippen molar-refractivity contribution in [2.24, 2.45) is 0 Å². The second-order valence-corrected chi connectivity index (χ2v) is 5.97. The molecule has 1 amide bonds. The molecule has 1 heterocycles. The minimum Gasteiger partial charge on any atom is -0.454 e. The number of hydrogen-bond acceptors (Lipinski definition) is 7. The molecule has 0 atom stereocenters. The van der Waals surface area contributed by atoms with Crippen LogP contribution in [0.15, 0.2) is 30.3 Å². The maximum atomic E-state index is 12.2. The average Bonchev–Trinajstić information content (AvgIpc) is 3.08. The molecule has 1 aliphatic rings. The van der Waals surface area contributed by atoms with E-state index < -0.39 is 18.5 Å². The molecule has 27 heavy (non-hydrogen) atoms. The molecule has 8 nitrogen and oxygen atoms in total. The molecule has 0 spiro atoms. The number of hydrogen-bond donors (Lipinski definition) is 2. The quantitative estimate of drug-likeness (QED) is 0.471. The molecule has 140 valence electrons. The van der Waals surface area contributed by atoms with Crippen LogP contribution in [0.5, 0.6) is 11.5 Å². The van der Waals surface area contributed by atoms with Crippen LogP contribution in [0.1, 0.15) is 33.2 Å². The molecule has 2 aromatic rings. The van der Waals surface area contributed by atoms with Gasteiger partial charge in [-0.2, -0.15) is 0 Å². The lowest BCUT2D eigenvalue weighted by molar-refractivity contribution is -0.119. The molecule has 0 aliphatic carbocycles. The van der Waals surface area contributed by atoms with Crippen LogP contribution in [-0.4, -0.2) is 31.1 Å². The number of Topliss-reactive ketones (excluding diaryl/α,β-unsaturated/α-hetero) is 1. The zero-order valence-corrected chi connectivity index (χ0v) is 14.8. The number of carbonyl (C=O) groups excluding carboxylic acids is 3. The highest BCUT2D eigenvalue weighted by atomic mass is 16.7.